The fourth-order valence-electron chi connectivity index (χ4n) is 10.00. The van der Waals surface area contributed by atoms with Gasteiger partial charge in [0.15, 0.2) is 11.9 Å². The van der Waals surface area contributed by atoms with Gasteiger partial charge in [-0.2, -0.15) is 0 Å². The number of ketones is 1. The molecule has 12 nitrogen and oxygen atoms in total. The van der Waals surface area contributed by atoms with E-state index in [0.29, 0.717) is 11.7 Å². The van der Waals surface area contributed by atoms with Crippen molar-refractivity contribution in [3.8, 4) is 0 Å². The third kappa shape index (κ3) is 5.41. The molecule has 2 N–H and O–H groups in total. The summed E-state index contributed by atoms with van der Waals surface area (Å²) < 4.78 is 46.8. The van der Waals surface area contributed by atoms with Crippen LogP contribution in [0.15, 0.2) is 9.98 Å². The SMILES string of the molecule is COC1CCC2N=C(N3CC(C)C(OC)C(C)C3CS(=O)C34CS(=O)C(C(C)C(=O)C3C)N4C3=NC4CCC(OC)CC4N3)NC2C1. The number of hydrogen-bond donors (Lipinski definition) is 2. The summed E-state index contributed by atoms with van der Waals surface area (Å²) in [4.78, 5) is 27.5. The highest BCUT2D eigenvalue weighted by Crippen LogP contribution is 2.49. The van der Waals surface area contributed by atoms with Gasteiger partial charge in [-0.05, 0) is 38.5 Å². The van der Waals surface area contributed by atoms with Gasteiger partial charge >= 0.3 is 0 Å². The normalized spacial score (nSPS) is 48.3. The second-order valence-electron chi connectivity index (χ2n) is 15.2. The first-order chi connectivity index (χ1) is 22.5. The summed E-state index contributed by atoms with van der Waals surface area (Å²) in [6.07, 6.45) is 5.93. The Balaban J connectivity index is 1.21. The van der Waals surface area contributed by atoms with Crippen molar-refractivity contribution in [2.75, 3.05) is 39.4 Å². The Labute approximate surface area is 284 Å². The van der Waals surface area contributed by atoms with Gasteiger partial charge < -0.3 is 34.6 Å². The Kier molecular flexibility index (Phi) is 9.32. The summed E-state index contributed by atoms with van der Waals surface area (Å²) >= 11 is 0. The first kappa shape index (κ1) is 33.9. The average Bonchev–Trinajstić information content (AvgIpc) is 3.76. The van der Waals surface area contributed by atoms with E-state index >= 15 is 4.21 Å². The molecule has 3 saturated heterocycles. The van der Waals surface area contributed by atoms with Crippen LogP contribution in [0.5, 0.6) is 0 Å². The molecule has 2 bridgehead atoms. The number of rotatable bonds is 6. The number of guanidine groups is 2. The highest BCUT2D eigenvalue weighted by atomic mass is 32.2. The van der Waals surface area contributed by atoms with Crippen molar-refractivity contribution >= 4 is 39.3 Å². The predicted molar refractivity (Wildman–Crippen MR) is 183 cm³/mol. The smallest absolute Gasteiger partial charge is 0.196 e. The second kappa shape index (κ2) is 12.9. The van der Waals surface area contributed by atoms with Crippen LogP contribution in [-0.2, 0) is 40.6 Å². The molecule has 14 heteroatoms. The Bertz CT molecular complexity index is 1350. The first-order valence-corrected chi connectivity index (χ1v) is 20.3. The molecule has 7 aliphatic rings. The number of hydrogen-bond acceptors (Lipinski definition) is 12. The van der Waals surface area contributed by atoms with Gasteiger partial charge in [-0.3, -0.25) is 13.2 Å². The largest absolute Gasteiger partial charge is 0.381 e. The number of carbonyl (C=O) groups is 1. The number of likely N-dealkylation sites (tertiary alicyclic amines) is 1. The van der Waals surface area contributed by atoms with Crippen LogP contribution in [0, 0.1) is 23.7 Å². The van der Waals surface area contributed by atoms with Gasteiger partial charge in [-0.25, -0.2) is 9.98 Å². The molecule has 5 heterocycles. The second-order valence-corrected chi connectivity index (χ2v) is 18.5. The van der Waals surface area contributed by atoms with E-state index in [0.717, 1.165) is 51.0 Å². The van der Waals surface area contributed by atoms with Gasteiger partial charge in [0.05, 0.1) is 64.9 Å². The number of fused-ring (bicyclic) bond motifs is 4. The number of nitrogens with zero attached hydrogens (tertiary/aromatic N) is 4. The highest BCUT2D eigenvalue weighted by Gasteiger charge is 2.67. The lowest BCUT2D eigenvalue weighted by Crippen LogP contribution is -2.69. The maximum atomic E-state index is 15.3. The minimum Gasteiger partial charge on any atom is -0.381 e. The van der Waals surface area contributed by atoms with Crippen LogP contribution >= 0.6 is 0 Å². The molecule has 0 aromatic carbocycles. The van der Waals surface area contributed by atoms with Crippen LogP contribution in [0.4, 0.5) is 0 Å². The fraction of sp³-hybridized carbons (Fsp3) is 0.909. The van der Waals surface area contributed by atoms with E-state index in [9.17, 15) is 9.00 Å². The van der Waals surface area contributed by atoms with Crippen LogP contribution in [0.1, 0.15) is 66.2 Å². The standard InChI is InChI=1S/C33H54N6O6S2/c1-17-14-38(31-34-23-10-8-21(43-5)12-25(23)36-31)27(18(2)29(17)45-7)15-47(42)33-16-46(41)30(19(3)28(40)20(33)4)39(33)32-35-24-11-9-22(44-6)13-26(24)37-32/h17-27,29-30H,8-16H2,1-7H3,(H,34,36)(H,35,37). The lowest BCUT2D eigenvalue weighted by Gasteiger charge is -2.51. The number of methoxy groups -OCH3 is 3. The number of carbonyl (C=O) groups excluding carboxylic acids is 1. The Morgan fingerprint density at radius 1 is 0.915 bits per heavy atom. The lowest BCUT2D eigenvalue weighted by atomic mass is 9.82. The fourth-order valence-corrected chi connectivity index (χ4v) is 15.0. The predicted octanol–water partition coefficient (Wildman–Crippen LogP) is 1.44. The van der Waals surface area contributed by atoms with Crippen molar-refractivity contribution in [2.24, 2.45) is 33.7 Å². The number of ether oxygens (including phenoxy) is 3. The van der Waals surface area contributed by atoms with Crippen molar-refractivity contribution in [3.05, 3.63) is 0 Å². The van der Waals surface area contributed by atoms with E-state index in [4.69, 9.17) is 24.2 Å². The molecule has 7 rings (SSSR count). The molecule has 5 fully saturated rings. The van der Waals surface area contributed by atoms with Crippen molar-refractivity contribution in [1.29, 1.82) is 0 Å². The zero-order valence-electron chi connectivity index (χ0n) is 28.9. The first-order valence-electron chi connectivity index (χ1n) is 17.6. The van der Waals surface area contributed by atoms with Crippen molar-refractivity contribution < 1.29 is 27.4 Å². The molecule has 47 heavy (non-hydrogen) atoms. The van der Waals surface area contributed by atoms with Crippen molar-refractivity contribution in [3.63, 3.8) is 0 Å². The summed E-state index contributed by atoms with van der Waals surface area (Å²) in [7, 11) is 2.35. The van der Waals surface area contributed by atoms with Crippen LogP contribution in [-0.4, -0.2) is 134 Å². The van der Waals surface area contributed by atoms with Gasteiger partial charge in [-0.1, -0.05) is 27.7 Å². The van der Waals surface area contributed by atoms with Gasteiger partial charge in [0, 0.05) is 68.2 Å². The van der Waals surface area contributed by atoms with Crippen molar-refractivity contribution in [1.82, 2.24) is 20.4 Å². The highest BCUT2D eigenvalue weighted by molar-refractivity contribution is 7.91. The number of nitrogens with one attached hydrogen (secondary N) is 2. The summed E-state index contributed by atoms with van der Waals surface area (Å²) in [5.41, 5.74) is 0. The molecule has 5 aliphatic heterocycles. The maximum absolute atomic E-state index is 15.3. The van der Waals surface area contributed by atoms with Gasteiger partial charge in [0.2, 0.25) is 0 Å². The van der Waals surface area contributed by atoms with Gasteiger partial charge in [0.25, 0.3) is 0 Å². The zero-order valence-corrected chi connectivity index (χ0v) is 30.6. The summed E-state index contributed by atoms with van der Waals surface area (Å²) in [6, 6.07) is 0.457. The molecule has 264 valence electrons. The van der Waals surface area contributed by atoms with E-state index < -0.39 is 43.7 Å². The maximum Gasteiger partial charge on any atom is 0.196 e. The molecule has 0 aromatic heterocycles. The van der Waals surface area contributed by atoms with E-state index in [-0.39, 0.29) is 71.9 Å². The van der Waals surface area contributed by atoms with Crippen LogP contribution < -0.4 is 10.6 Å². The van der Waals surface area contributed by atoms with E-state index in [2.05, 4.69) is 34.3 Å². The van der Waals surface area contributed by atoms with Gasteiger partial charge in [-0.15, -0.1) is 0 Å². The lowest BCUT2D eigenvalue weighted by molar-refractivity contribution is -0.132. The molecule has 0 aromatic rings. The Morgan fingerprint density at radius 3 is 2.11 bits per heavy atom. The van der Waals surface area contributed by atoms with Crippen LogP contribution in [0.2, 0.25) is 0 Å². The van der Waals surface area contributed by atoms with E-state index in [1.54, 1.807) is 21.3 Å². The molecular formula is C33H54N6O6S2. The molecule has 0 radical (unpaired) electrons. The quantitative estimate of drug-likeness (QED) is 0.421. The minimum absolute atomic E-state index is 0.0161. The van der Waals surface area contributed by atoms with Crippen molar-refractivity contribution in [2.45, 2.75) is 125 Å². The van der Waals surface area contributed by atoms with Crippen LogP contribution in [0.25, 0.3) is 0 Å². The summed E-state index contributed by atoms with van der Waals surface area (Å²) in [5.74, 6) is 1.33. The Hall–Kier alpha value is -1.61. The van der Waals surface area contributed by atoms with E-state index in [1.165, 1.54) is 0 Å². The van der Waals surface area contributed by atoms with Gasteiger partial charge in [0.1, 0.15) is 16.0 Å². The zero-order chi connectivity index (χ0) is 33.4. The summed E-state index contributed by atoms with van der Waals surface area (Å²) in [5, 5.41) is 6.83. The number of piperidine rings is 2. The Morgan fingerprint density at radius 2 is 1.51 bits per heavy atom. The molecular weight excluding hydrogens is 641 g/mol. The molecule has 16 atom stereocenters. The topological polar surface area (TPSA) is 134 Å². The van der Waals surface area contributed by atoms with Crippen LogP contribution in [0.3, 0.4) is 0 Å². The average molecular weight is 695 g/mol. The number of aliphatic imine (C=N–C) groups is 2. The molecule has 16 unspecified atom stereocenters. The molecule has 2 saturated carbocycles. The third-order valence-corrected chi connectivity index (χ3v) is 16.9. The molecule has 2 aliphatic carbocycles. The summed E-state index contributed by atoms with van der Waals surface area (Å²) in [6.45, 7) is 8.89. The molecule has 0 spiro atoms. The monoisotopic (exact) mass is 694 g/mol. The molecule has 0 amide bonds. The van der Waals surface area contributed by atoms with E-state index in [1.807, 2.05) is 13.8 Å². The minimum atomic E-state index is -1.57. The number of Topliss-reactive ketones (excluding diaryl/α,β-unsaturated/α-hetero) is 1. The third-order valence-electron chi connectivity index (χ3n) is 12.7.